The van der Waals surface area contributed by atoms with E-state index in [0.29, 0.717) is 6.04 Å². The molecule has 1 atom stereocenters. The molecule has 1 aromatic heterocycles. The number of nitrogens with one attached hydrogen (secondary N) is 1. The van der Waals surface area contributed by atoms with Crippen LogP contribution in [0.1, 0.15) is 25.0 Å². The van der Waals surface area contributed by atoms with Crippen molar-refractivity contribution in [1.29, 1.82) is 0 Å². The molecule has 0 radical (unpaired) electrons. The lowest BCUT2D eigenvalue weighted by atomic mass is 10.2. The predicted molar refractivity (Wildman–Crippen MR) is 78.0 cm³/mol. The van der Waals surface area contributed by atoms with Crippen molar-refractivity contribution in [2.24, 2.45) is 7.05 Å². The fourth-order valence-corrected chi connectivity index (χ4v) is 3.15. The van der Waals surface area contributed by atoms with E-state index in [1.54, 1.807) is 0 Å². The molecule has 1 saturated heterocycles. The third-order valence-electron chi connectivity index (χ3n) is 3.86. The summed E-state index contributed by atoms with van der Waals surface area (Å²) in [5, 5.41) is 7.77. The monoisotopic (exact) mass is 334 g/mol. The number of rotatable bonds is 4. The van der Waals surface area contributed by atoms with Gasteiger partial charge in [0.1, 0.15) is 0 Å². The van der Waals surface area contributed by atoms with Crippen LogP contribution in [-0.4, -0.2) is 39.9 Å². The molecule has 1 aromatic rings. The highest BCUT2D eigenvalue weighted by molar-refractivity contribution is 9.10. The van der Waals surface area contributed by atoms with Crippen molar-refractivity contribution < 1.29 is 0 Å². The summed E-state index contributed by atoms with van der Waals surface area (Å²) < 4.78 is 3.12. The fourth-order valence-electron chi connectivity index (χ4n) is 2.67. The molecule has 4 nitrogen and oxygen atoms in total. The van der Waals surface area contributed by atoms with Gasteiger partial charge in [0.25, 0.3) is 0 Å². The average molecular weight is 336 g/mol. The van der Waals surface area contributed by atoms with Crippen molar-refractivity contribution >= 4 is 28.3 Å². The molecule has 6 heteroatoms. The molecule has 2 heterocycles. The summed E-state index contributed by atoms with van der Waals surface area (Å²) >= 11 is 3.60. The smallest absolute Gasteiger partial charge is 0.0663 e. The second-order valence-corrected chi connectivity index (χ2v) is 5.97. The second-order valence-electron chi connectivity index (χ2n) is 5.11. The van der Waals surface area contributed by atoms with Crippen molar-refractivity contribution in [2.75, 3.05) is 13.1 Å². The Morgan fingerprint density at radius 1 is 1.44 bits per heavy atom. The van der Waals surface area contributed by atoms with Crippen molar-refractivity contribution in [3.63, 3.8) is 0 Å². The molecule has 1 aliphatic carbocycles. The van der Waals surface area contributed by atoms with Crippen LogP contribution in [0.15, 0.2) is 10.7 Å². The summed E-state index contributed by atoms with van der Waals surface area (Å²) in [4.78, 5) is 2.67. The lowest BCUT2D eigenvalue weighted by Gasteiger charge is -2.28. The minimum atomic E-state index is 0. The van der Waals surface area contributed by atoms with Crippen LogP contribution in [0, 0.1) is 0 Å². The molecule has 2 fully saturated rings. The SMILES string of the molecule is Cl.Cn1ncc(Br)c1CN(C1CC1)C1CCNC1. The summed E-state index contributed by atoms with van der Waals surface area (Å²) in [5.74, 6) is 0. The molecule has 2 aliphatic rings. The van der Waals surface area contributed by atoms with Crippen LogP contribution < -0.4 is 5.32 Å². The van der Waals surface area contributed by atoms with Crippen molar-refractivity contribution in [3.8, 4) is 0 Å². The van der Waals surface area contributed by atoms with Crippen molar-refractivity contribution in [2.45, 2.75) is 37.9 Å². The molecule has 1 aliphatic heterocycles. The van der Waals surface area contributed by atoms with Gasteiger partial charge in [0.2, 0.25) is 0 Å². The Bertz CT molecular complexity index is 379. The fraction of sp³-hybridized carbons (Fsp3) is 0.750. The number of halogens is 2. The van der Waals surface area contributed by atoms with E-state index in [1.165, 1.54) is 31.5 Å². The Balaban J connectivity index is 0.00000120. The van der Waals surface area contributed by atoms with E-state index < -0.39 is 0 Å². The van der Waals surface area contributed by atoms with Crippen LogP contribution in [-0.2, 0) is 13.6 Å². The number of hydrogen-bond donors (Lipinski definition) is 1. The average Bonchev–Trinajstić information content (AvgIpc) is 2.91. The van der Waals surface area contributed by atoms with Gasteiger partial charge in [-0.1, -0.05) is 0 Å². The first-order chi connectivity index (χ1) is 8.25. The van der Waals surface area contributed by atoms with E-state index in [-0.39, 0.29) is 12.4 Å². The number of aromatic nitrogens is 2. The molecule has 0 aromatic carbocycles. The number of aryl methyl sites for hydroxylation is 1. The lowest BCUT2D eigenvalue weighted by Crippen LogP contribution is -2.38. The van der Waals surface area contributed by atoms with Gasteiger partial charge in [-0.3, -0.25) is 9.58 Å². The van der Waals surface area contributed by atoms with Gasteiger partial charge >= 0.3 is 0 Å². The Morgan fingerprint density at radius 3 is 2.72 bits per heavy atom. The molecule has 0 bridgehead atoms. The highest BCUT2D eigenvalue weighted by Crippen LogP contribution is 2.32. The first-order valence-electron chi connectivity index (χ1n) is 6.38. The molecular formula is C12H20BrClN4. The minimum absolute atomic E-state index is 0. The quantitative estimate of drug-likeness (QED) is 0.913. The Hall–Kier alpha value is -0.100. The first-order valence-corrected chi connectivity index (χ1v) is 7.18. The summed E-state index contributed by atoms with van der Waals surface area (Å²) in [5.41, 5.74) is 1.30. The van der Waals surface area contributed by atoms with E-state index in [4.69, 9.17) is 0 Å². The Labute approximate surface area is 123 Å². The van der Waals surface area contributed by atoms with E-state index in [2.05, 4.69) is 31.2 Å². The molecule has 3 rings (SSSR count). The number of hydrogen-bond acceptors (Lipinski definition) is 3. The molecule has 1 unspecified atom stereocenters. The Kier molecular flexibility index (Phi) is 4.69. The van der Waals surface area contributed by atoms with Crippen LogP contribution in [0.2, 0.25) is 0 Å². The lowest BCUT2D eigenvalue weighted by molar-refractivity contribution is 0.183. The molecular weight excluding hydrogens is 316 g/mol. The summed E-state index contributed by atoms with van der Waals surface area (Å²) in [6.07, 6.45) is 5.91. The summed E-state index contributed by atoms with van der Waals surface area (Å²) in [7, 11) is 2.03. The van der Waals surface area contributed by atoms with Gasteiger partial charge < -0.3 is 5.32 Å². The van der Waals surface area contributed by atoms with E-state index in [9.17, 15) is 0 Å². The normalized spacial score (nSPS) is 23.4. The maximum atomic E-state index is 4.30. The van der Waals surface area contributed by atoms with Gasteiger partial charge in [-0.15, -0.1) is 12.4 Å². The van der Waals surface area contributed by atoms with Crippen LogP contribution >= 0.6 is 28.3 Å². The Morgan fingerprint density at radius 2 is 2.22 bits per heavy atom. The number of nitrogens with zero attached hydrogens (tertiary/aromatic N) is 3. The standard InChI is InChI=1S/C12H19BrN4.ClH/c1-16-12(11(13)7-15-16)8-17(9-2-3-9)10-4-5-14-6-10;/h7,9-10,14H,2-6,8H2,1H3;1H. The zero-order valence-corrected chi connectivity index (χ0v) is 13.0. The highest BCUT2D eigenvalue weighted by atomic mass is 79.9. The zero-order valence-electron chi connectivity index (χ0n) is 10.6. The molecule has 1 saturated carbocycles. The van der Waals surface area contributed by atoms with Gasteiger partial charge in [0.15, 0.2) is 0 Å². The van der Waals surface area contributed by atoms with Crippen LogP contribution in [0.5, 0.6) is 0 Å². The van der Waals surface area contributed by atoms with Gasteiger partial charge in [0.05, 0.1) is 16.4 Å². The van der Waals surface area contributed by atoms with Gasteiger partial charge in [-0.2, -0.15) is 5.10 Å². The van der Waals surface area contributed by atoms with E-state index in [1.807, 2.05) is 17.9 Å². The zero-order chi connectivity index (χ0) is 11.8. The molecule has 18 heavy (non-hydrogen) atoms. The van der Waals surface area contributed by atoms with E-state index in [0.717, 1.165) is 23.6 Å². The molecule has 0 spiro atoms. The summed E-state index contributed by atoms with van der Waals surface area (Å²) in [6.45, 7) is 3.33. The van der Waals surface area contributed by atoms with Gasteiger partial charge in [0, 0.05) is 32.2 Å². The predicted octanol–water partition coefficient (Wildman–Crippen LogP) is 1.93. The summed E-state index contributed by atoms with van der Waals surface area (Å²) in [6, 6.07) is 1.52. The first kappa shape index (κ1) is 14.3. The maximum absolute atomic E-state index is 4.30. The highest BCUT2D eigenvalue weighted by Gasteiger charge is 2.35. The minimum Gasteiger partial charge on any atom is -0.315 e. The van der Waals surface area contributed by atoms with Gasteiger partial charge in [-0.05, 0) is 41.7 Å². The van der Waals surface area contributed by atoms with Crippen LogP contribution in [0.25, 0.3) is 0 Å². The van der Waals surface area contributed by atoms with Gasteiger partial charge in [-0.25, -0.2) is 0 Å². The topological polar surface area (TPSA) is 33.1 Å². The largest absolute Gasteiger partial charge is 0.315 e. The molecule has 1 N–H and O–H groups in total. The van der Waals surface area contributed by atoms with Crippen LogP contribution in [0.4, 0.5) is 0 Å². The molecule has 0 amide bonds. The van der Waals surface area contributed by atoms with E-state index >= 15 is 0 Å². The van der Waals surface area contributed by atoms with Crippen molar-refractivity contribution in [3.05, 3.63) is 16.4 Å². The molecule has 102 valence electrons. The van der Waals surface area contributed by atoms with Crippen LogP contribution in [0.3, 0.4) is 0 Å². The second kappa shape index (κ2) is 5.90. The third-order valence-corrected chi connectivity index (χ3v) is 4.52. The third kappa shape index (κ3) is 2.90. The van der Waals surface area contributed by atoms with Crippen molar-refractivity contribution in [1.82, 2.24) is 20.0 Å². The maximum Gasteiger partial charge on any atom is 0.0663 e.